The smallest absolute Gasteiger partial charge is 0.243 e. The van der Waals surface area contributed by atoms with E-state index < -0.39 is 10.0 Å². The maximum atomic E-state index is 13.2. The molecule has 1 aromatic rings. The molecular weight excluding hydrogens is 460 g/mol. The van der Waals surface area contributed by atoms with Gasteiger partial charge in [-0.1, -0.05) is 0 Å². The molecule has 0 aliphatic carbocycles. The molecule has 0 radical (unpaired) electrons. The van der Waals surface area contributed by atoms with Crippen molar-refractivity contribution in [1.82, 2.24) is 19.4 Å². The van der Waals surface area contributed by atoms with E-state index >= 15 is 0 Å². The van der Waals surface area contributed by atoms with Crippen molar-refractivity contribution in [2.45, 2.75) is 30.7 Å². The molecule has 3 aliphatic rings. The molecule has 0 atom stereocenters. The van der Waals surface area contributed by atoms with Crippen LogP contribution in [0.2, 0.25) is 0 Å². The van der Waals surface area contributed by atoms with Gasteiger partial charge in [0.25, 0.3) is 0 Å². The number of carbonyl (C=O) groups is 1. The molecule has 1 N–H and O–H groups in total. The topological polar surface area (TPSA) is 101 Å². The number of amides is 1. The number of sulfonamides is 1. The number of hydrogen-bond donors (Lipinski definition) is 1. The fourth-order valence-electron chi connectivity index (χ4n) is 4.44. The van der Waals surface area contributed by atoms with Crippen molar-refractivity contribution in [2.75, 3.05) is 78.8 Å². The molecular formula is C23H36N4O6S. The normalized spacial score (nSPS) is 21.1. The third-order valence-corrected chi connectivity index (χ3v) is 8.54. The first-order valence-electron chi connectivity index (χ1n) is 12.0. The SMILES string of the molecule is CC(C)(CNC(=O)CN1CCN(S(=O)(=O)c2ccc3c(c2)OCCCO3)CC1)N1CCOCC1. The summed E-state index contributed by atoms with van der Waals surface area (Å²) in [6.45, 7) is 11.0. The minimum atomic E-state index is -3.65. The molecule has 190 valence electrons. The van der Waals surface area contributed by atoms with E-state index in [1.165, 1.54) is 4.31 Å². The van der Waals surface area contributed by atoms with Crippen LogP contribution in [0.15, 0.2) is 23.1 Å². The van der Waals surface area contributed by atoms with Gasteiger partial charge in [0.1, 0.15) is 0 Å². The van der Waals surface area contributed by atoms with Crippen molar-refractivity contribution in [3.63, 3.8) is 0 Å². The van der Waals surface area contributed by atoms with Gasteiger partial charge in [0.15, 0.2) is 11.5 Å². The van der Waals surface area contributed by atoms with Crippen LogP contribution >= 0.6 is 0 Å². The van der Waals surface area contributed by atoms with Crippen molar-refractivity contribution in [3.8, 4) is 11.5 Å². The number of carbonyl (C=O) groups excluding carboxylic acids is 1. The van der Waals surface area contributed by atoms with Crippen LogP contribution in [0.25, 0.3) is 0 Å². The lowest BCUT2D eigenvalue weighted by Crippen LogP contribution is -2.56. The van der Waals surface area contributed by atoms with E-state index in [2.05, 4.69) is 24.1 Å². The molecule has 3 heterocycles. The van der Waals surface area contributed by atoms with Gasteiger partial charge in [0.2, 0.25) is 15.9 Å². The molecule has 0 spiro atoms. The molecule has 3 aliphatic heterocycles. The van der Waals surface area contributed by atoms with Gasteiger partial charge in [-0.3, -0.25) is 14.6 Å². The molecule has 1 aromatic carbocycles. The Labute approximate surface area is 202 Å². The number of benzene rings is 1. The van der Waals surface area contributed by atoms with E-state index in [-0.39, 0.29) is 22.9 Å². The molecule has 34 heavy (non-hydrogen) atoms. The molecule has 0 unspecified atom stereocenters. The predicted molar refractivity (Wildman–Crippen MR) is 127 cm³/mol. The Balaban J connectivity index is 1.26. The minimum absolute atomic E-state index is 0.0412. The number of nitrogens with one attached hydrogen (secondary N) is 1. The number of ether oxygens (including phenoxy) is 3. The van der Waals surface area contributed by atoms with E-state index in [0.717, 1.165) is 32.7 Å². The molecule has 2 saturated heterocycles. The largest absolute Gasteiger partial charge is 0.490 e. The fourth-order valence-corrected chi connectivity index (χ4v) is 5.87. The van der Waals surface area contributed by atoms with Crippen LogP contribution in [0.5, 0.6) is 11.5 Å². The zero-order chi connectivity index (χ0) is 24.2. The molecule has 0 saturated carbocycles. The third kappa shape index (κ3) is 6.01. The number of rotatable bonds is 7. The molecule has 2 fully saturated rings. The summed E-state index contributed by atoms with van der Waals surface area (Å²) < 4.78 is 44.5. The van der Waals surface area contributed by atoms with Gasteiger partial charge in [-0.25, -0.2) is 8.42 Å². The molecule has 1 amide bonds. The summed E-state index contributed by atoms with van der Waals surface area (Å²) >= 11 is 0. The lowest BCUT2D eigenvalue weighted by Gasteiger charge is -2.41. The summed E-state index contributed by atoms with van der Waals surface area (Å²) in [5.74, 6) is 0.999. The van der Waals surface area contributed by atoms with E-state index in [4.69, 9.17) is 14.2 Å². The van der Waals surface area contributed by atoms with Crippen LogP contribution in [-0.4, -0.2) is 113 Å². The first-order chi connectivity index (χ1) is 16.3. The highest BCUT2D eigenvalue weighted by atomic mass is 32.2. The second kappa shape index (κ2) is 10.8. The maximum Gasteiger partial charge on any atom is 0.243 e. The van der Waals surface area contributed by atoms with Gasteiger partial charge in [-0.05, 0) is 26.0 Å². The molecule has 0 aromatic heterocycles. The van der Waals surface area contributed by atoms with Crippen molar-refractivity contribution >= 4 is 15.9 Å². The monoisotopic (exact) mass is 496 g/mol. The van der Waals surface area contributed by atoms with Crippen molar-refractivity contribution < 1.29 is 27.4 Å². The summed E-state index contributed by atoms with van der Waals surface area (Å²) in [5, 5.41) is 3.05. The molecule has 11 heteroatoms. The van der Waals surface area contributed by atoms with Crippen LogP contribution < -0.4 is 14.8 Å². The van der Waals surface area contributed by atoms with Crippen LogP contribution in [0.3, 0.4) is 0 Å². The summed E-state index contributed by atoms with van der Waals surface area (Å²) in [4.78, 5) is 17.1. The van der Waals surface area contributed by atoms with Crippen LogP contribution in [-0.2, 0) is 19.6 Å². The Morgan fingerprint density at radius 3 is 2.35 bits per heavy atom. The van der Waals surface area contributed by atoms with Crippen LogP contribution in [0.1, 0.15) is 20.3 Å². The van der Waals surface area contributed by atoms with Gasteiger partial charge < -0.3 is 19.5 Å². The summed E-state index contributed by atoms with van der Waals surface area (Å²) in [6.07, 6.45) is 0.761. The van der Waals surface area contributed by atoms with Crippen molar-refractivity contribution in [1.29, 1.82) is 0 Å². The average molecular weight is 497 g/mol. The number of fused-ring (bicyclic) bond motifs is 1. The van der Waals surface area contributed by atoms with Gasteiger partial charge in [-0.2, -0.15) is 4.31 Å². The Morgan fingerprint density at radius 2 is 1.65 bits per heavy atom. The van der Waals surface area contributed by atoms with Crippen molar-refractivity contribution in [2.24, 2.45) is 0 Å². The zero-order valence-corrected chi connectivity index (χ0v) is 20.9. The minimum Gasteiger partial charge on any atom is -0.490 e. The quantitative estimate of drug-likeness (QED) is 0.579. The second-order valence-electron chi connectivity index (χ2n) is 9.53. The Kier molecular flexibility index (Phi) is 7.98. The number of piperazine rings is 1. The Morgan fingerprint density at radius 1 is 0.971 bits per heavy atom. The van der Waals surface area contributed by atoms with E-state index in [1.807, 2.05) is 4.90 Å². The van der Waals surface area contributed by atoms with Gasteiger partial charge in [0, 0.05) is 63.8 Å². The maximum absolute atomic E-state index is 13.2. The van der Waals surface area contributed by atoms with E-state index in [1.54, 1.807) is 18.2 Å². The average Bonchev–Trinajstić information content (AvgIpc) is 3.09. The first-order valence-corrected chi connectivity index (χ1v) is 13.4. The predicted octanol–water partition coefficient (Wildman–Crippen LogP) is 0.381. The van der Waals surface area contributed by atoms with Gasteiger partial charge >= 0.3 is 0 Å². The Bertz CT molecular complexity index is 956. The highest BCUT2D eigenvalue weighted by Gasteiger charge is 2.31. The van der Waals surface area contributed by atoms with Crippen molar-refractivity contribution in [3.05, 3.63) is 18.2 Å². The fraction of sp³-hybridized carbons (Fsp3) is 0.696. The lowest BCUT2D eigenvalue weighted by molar-refractivity contribution is -0.123. The number of nitrogens with zero attached hydrogens (tertiary/aromatic N) is 3. The third-order valence-electron chi connectivity index (χ3n) is 6.64. The number of hydrogen-bond acceptors (Lipinski definition) is 8. The highest BCUT2D eigenvalue weighted by molar-refractivity contribution is 7.89. The second-order valence-corrected chi connectivity index (χ2v) is 11.5. The lowest BCUT2D eigenvalue weighted by atomic mass is 10.0. The summed E-state index contributed by atoms with van der Waals surface area (Å²) in [5.41, 5.74) is -0.144. The number of morpholine rings is 1. The van der Waals surface area contributed by atoms with Gasteiger partial charge in [-0.15, -0.1) is 0 Å². The summed E-state index contributed by atoms with van der Waals surface area (Å²) in [6, 6.07) is 4.78. The zero-order valence-electron chi connectivity index (χ0n) is 20.1. The van der Waals surface area contributed by atoms with Crippen LogP contribution in [0, 0.1) is 0 Å². The molecule has 4 rings (SSSR count). The summed E-state index contributed by atoms with van der Waals surface area (Å²) in [7, 11) is -3.65. The van der Waals surface area contributed by atoms with Gasteiger partial charge in [0.05, 0.1) is 37.9 Å². The molecule has 10 nitrogen and oxygen atoms in total. The highest BCUT2D eigenvalue weighted by Crippen LogP contribution is 2.33. The van der Waals surface area contributed by atoms with Crippen LogP contribution in [0.4, 0.5) is 0 Å². The Hall–Kier alpha value is -1.92. The molecule has 0 bridgehead atoms. The van der Waals surface area contributed by atoms with E-state index in [0.29, 0.717) is 57.4 Å². The first kappa shape index (κ1) is 25.2. The standard InChI is InChI=1S/C23H36N4O6S/c1-23(2,26-10-14-31-15-11-26)18-24-22(28)17-25-6-8-27(9-7-25)34(29,30)19-4-5-20-21(16-19)33-13-3-12-32-20/h4-5,16H,3,6-15,17-18H2,1-2H3,(H,24,28). The van der Waals surface area contributed by atoms with E-state index in [9.17, 15) is 13.2 Å².